The zero-order valence-electron chi connectivity index (χ0n) is 26.3. The molecule has 0 bridgehead atoms. The standard InChI is InChI=1S/C15H11N7O2.C15H14N6O5S/c16-5-3-10-1-2-13(19-7-10)21-9-11(8-20-21)12-4-6-18-15(17)14(12)22(23)24;1-27(24,25)26-9-10-2-3-13(18-6-10)20-8-11(7-19-20)12-4-5-17-15(16)14(12)21(22)23/h1-2,4,6-9H,3H2,(H2,17,18);2-8H,9H2,1H3,(H2,16,17). The number of nitrogens with zero attached hydrogens (tertiary/aromatic N) is 11. The van der Waals surface area contributed by atoms with Crippen molar-refractivity contribution in [1.82, 2.24) is 39.5 Å². The molecule has 0 aliphatic rings. The lowest BCUT2D eigenvalue weighted by molar-refractivity contribution is -0.383. The van der Waals surface area contributed by atoms with Crippen molar-refractivity contribution in [3.05, 3.63) is 117 Å². The summed E-state index contributed by atoms with van der Waals surface area (Å²) < 4.78 is 29.6. The number of pyridine rings is 4. The van der Waals surface area contributed by atoms with Crippen molar-refractivity contribution in [2.75, 3.05) is 17.7 Å². The summed E-state index contributed by atoms with van der Waals surface area (Å²) in [6.07, 6.45) is 13.2. The molecular formula is C30H25N13O7S. The molecule has 0 fully saturated rings. The van der Waals surface area contributed by atoms with Gasteiger partial charge in [-0.15, -0.1) is 0 Å². The highest BCUT2D eigenvalue weighted by Gasteiger charge is 2.23. The maximum atomic E-state index is 11.3. The fraction of sp³-hybridized carbons (Fsp3) is 0.100. The zero-order valence-corrected chi connectivity index (χ0v) is 27.2. The molecule has 258 valence electrons. The second kappa shape index (κ2) is 14.9. The van der Waals surface area contributed by atoms with Crippen LogP contribution in [0.3, 0.4) is 0 Å². The lowest BCUT2D eigenvalue weighted by Gasteiger charge is -2.04. The van der Waals surface area contributed by atoms with Gasteiger partial charge in [-0.3, -0.25) is 24.4 Å². The van der Waals surface area contributed by atoms with Gasteiger partial charge in [-0.25, -0.2) is 29.3 Å². The third-order valence-corrected chi connectivity index (χ3v) is 7.41. The van der Waals surface area contributed by atoms with Crippen LogP contribution in [0.4, 0.5) is 23.0 Å². The van der Waals surface area contributed by atoms with E-state index in [1.807, 2.05) is 6.07 Å². The second-order valence-electron chi connectivity index (χ2n) is 10.4. The van der Waals surface area contributed by atoms with Gasteiger partial charge >= 0.3 is 11.4 Å². The van der Waals surface area contributed by atoms with Crippen molar-refractivity contribution < 1.29 is 22.4 Å². The predicted octanol–water partition coefficient (Wildman–Crippen LogP) is 3.18. The summed E-state index contributed by atoms with van der Waals surface area (Å²) in [5.74, 6) is 0.643. The Balaban J connectivity index is 0.000000199. The maximum Gasteiger partial charge on any atom is 0.319 e. The van der Waals surface area contributed by atoms with E-state index in [9.17, 15) is 28.6 Å². The summed E-state index contributed by atoms with van der Waals surface area (Å²) in [4.78, 5) is 37.2. The van der Waals surface area contributed by atoms with Crippen molar-refractivity contribution in [2.45, 2.75) is 13.0 Å². The van der Waals surface area contributed by atoms with Crippen LogP contribution >= 0.6 is 0 Å². The van der Waals surface area contributed by atoms with Crippen LogP contribution in [-0.2, 0) is 27.3 Å². The molecule has 0 aliphatic carbocycles. The van der Waals surface area contributed by atoms with Gasteiger partial charge < -0.3 is 11.5 Å². The number of aromatic nitrogens is 8. The molecule has 6 aromatic heterocycles. The van der Waals surface area contributed by atoms with Gasteiger partial charge in [0.05, 0.1) is 58.7 Å². The van der Waals surface area contributed by atoms with E-state index >= 15 is 0 Å². The number of rotatable bonds is 10. The van der Waals surface area contributed by atoms with E-state index < -0.39 is 20.0 Å². The lowest BCUT2D eigenvalue weighted by atomic mass is 10.1. The van der Waals surface area contributed by atoms with E-state index in [-0.39, 0.29) is 41.6 Å². The minimum Gasteiger partial charge on any atom is -0.378 e. The SMILES string of the molecule is CS(=O)(=O)OCc1ccc(-n2cc(-c3ccnc(N)c3[N+](=O)[O-])cn2)nc1.N#CCc1ccc(-n2cc(-c3ccnc(N)c3[N+](=O)[O-])cn2)nc1. The Morgan fingerprint density at radius 1 is 0.765 bits per heavy atom. The van der Waals surface area contributed by atoms with Crippen LogP contribution in [0.1, 0.15) is 11.1 Å². The highest BCUT2D eigenvalue weighted by atomic mass is 32.2. The third-order valence-electron chi connectivity index (χ3n) is 6.87. The molecule has 6 aromatic rings. The topological polar surface area (TPSA) is 293 Å². The van der Waals surface area contributed by atoms with Crippen LogP contribution in [0, 0.1) is 31.6 Å². The van der Waals surface area contributed by atoms with E-state index in [0.717, 1.165) is 11.8 Å². The fourth-order valence-electron chi connectivity index (χ4n) is 4.53. The van der Waals surface area contributed by atoms with Crippen molar-refractivity contribution in [2.24, 2.45) is 0 Å². The Morgan fingerprint density at radius 3 is 1.63 bits per heavy atom. The minimum absolute atomic E-state index is 0.126. The molecule has 0 aromatic carbocycles. The highest BCUT2D eigenvalue weighted by Crippen LogP contribution is 2.34. The van der Waals surface area contributed by atoms with Gasteiger partial charge in [-0.1, -0.05) is 12.1 Å². The van der Waals surface area contributed by atoms with Crippen LogP contribution < -0.4 is 11.5 Å². The summed E-state index contributed by atoms with van der Waals surface area (Å²) in [5, 5.41) is 39.5. The Morgan fingerprint density at radius 2 is 1.24 bits per heavy atom. The van der Waals surface area contributed by atoms with Crippen LogP contribution in [0.15, 0.2) is 86.0 Å². The van der Waals surface area contributed by atoms with Gasteiger partial charge in [0, 0.05) is 48.3 Å². The Labute approximate surface area is 288 Å². The molecule has 0 unspecified atom stereocenters. The van der Waals surface area contributed by atoms with Gasteiger partial charge in [0.25, 0.3) is 10.1 Å². The molecule has 0 spiro atoms. The first kappa shape index (κ1) is 35.1. The highest BCUT2D eigenvalue weighted by molar-refractivity contribution is 7.85. The minimum atomic E-state index is -3.54. The number of anilines is 2. The molecule has 0 radical (unpaired) electrons. The quantitative estimate of drug-likeness (QED) is 0.117. The van der Waals surface area contributed by atoms with E-state index in [0.29, 0.717) is 33.9 Å². The Hall–Kier alpha value is -7.18. The van der Waals surface area contributed by atoms with Crippen LogP contribution in [-0.4, -0.2) is 64.0 Å². The van der Waals surface area contributed by atoms with E-state index in [1.165, 1.54) is 52.5 Å². The average Bonchev–Trinajstić information content (AvgIpc) is 3.79. The molecule has 0 atom stereocenters. The lowest BCUT2D eigenvalue weighted by Crippen LogP contribution is -2.04. The first-order chi connectivity index (χ1) is 24.3. The average molecular weight is 712 g/mol. The van der Waals surface area contributed by atoms with Gasteiger partial charge in [-0.2, -0.15) is 23.9 Å². The molecule has 51 heavy (non-hydrogen) atoms. The van der Waals surface area contributed by atoms with E-state index in [2.05, 4.69) is 30.1 Å². The number of nitrogens with two attached hydrogens (primary N) is 2. The first-order valence-electron chi connectivity index (χ1n) is 14.3. The normalized spacial score (nSPS) is 10.9. The predicted molar refractivity (Wildman–Crippen MR) is 180 cm³/mol. The molecule has 0 saturated heterocycles. The van der Waals surface area contributed by atoms with E-state index in [4.69, 9.17) is 20.9 Å². The molecule has 6 heterocycles. The number of nitriles is 1. The number of hydrogen-bond acceptors (Lipinski definition) is 16. The summed E-state index contributed by atoms with van der Waals surface area (Å²) in [7, 11) is -3.54. The van der Waals surface area contributed by atoms with Crippen LogP contribution in [0.25, 0.3) is 33.9 Å². The van der Waals surface area contributed by atoms with Crippen molar-refractivity contribution in [3.63, 3.8) is 0 Å². The number of nitrogen functional groups attached to an aromatic ring is 2. The van der Waals surface area contributed by atoms with Crippen molar-refractivity contribution >= 4 is 33.1 Å². The Bertz CT molecular complexity index is 2370. The maximum absolute atomic E-state index is 11.3. The first-order valence-corrected chi connectivity index (χ1v) is 16.2. The van der Waals surface area contributed by atoms with Gasteiger partial charge in [0.1, 0.15) is 0 Å². The summed E-state index contributed by atoms with van der Waals surface area (Å²) in [6.45, 7) is -0.126. The molecule has 4 N–H and O–H groups in total. The zero-order chi connectivity index (χ0) is 36.7. The molecule has 6 rings (SSSR count). The molecule has 20 nitrogen and oxygen atoms in total. The molecule has 0 saturated carbocycles. The van der Waals surface area contributed by atoms with Gasteiger partial charge in [-0.05, 0) is 35.4 Å². The molecular weight excluding hydrogens is 686 g/mol. The van der Waals surface area contributed by atoms with Crippen molar-refractivity contribution in [1.29, 1.82) is 5.26 Å². The smallest absolute Gasteiger partial charge is 0.319 e. The summed E-state index contributed by atoms with van der Waals surface area (Å²) >= 11 is 0. The van der Waals surface area contributed by atoms with Gasteiger partial charge in [0.15, 0.2) is 11.6 Å². The fourth-order valence-corrected chi connectivity index (χ4v) is 4.88. The van der Waals surface area contributed by atoms with E-state index in [1.54, 1.807) is 42.9 Å². The van der Waals surface area contributed by atoms with Crippen molar-refractivity contribution in [3.8, 4) is 40.0 Å². The molecule has 0 aliphatic heterocycles. The number of nitro groups is 2. The largest absolute Gasteiger partial charge is 0.378 e. The molecule has 0 amide bonds. The summed E-state index contributed by atoms with van der Waals surface area (Å²) in [5.41, 5.74) is 13.6. The third kappa shape index (κ3) is 8.46. The number of hydrogen-bond donors (Lipinski definition) is 2. The monoisotopic (exact) mass is 711 g/mol. The van der Waals surface area contributed by atoms with Crippen LogP contribution in [0.2, 0.25) is 0 Å². The molecule has 21 heteroatoms. The summed E-state index contributed by atoms with van der Waals surface area (Å²) in [6, 6.07) is 11.8. The Kier molecular flexibility index (Phi) is 10.3. The second-order valence-corrected chi connectivity index (χ2v) is 12.0. The van der Waals surface area contributed by atoms with Gasteiger partial charge in [0.2, 0.25) is 11.6 Å². The van der Waals surface area contributed by atoms with Crippen LogP contribution in [0.5, 0.6) is 0 Å².